The normalized spacial score (nSPS) is 21.0. The summed E-state index contributed by atoms with van der Waals surface area (Å²) >= 11 is 15.0. The van der Waals surface area contributed by atoms with E-state index >= 15 is 0 Å². The molecule has 0 aromatic heterocycles. The maximum Gasteiger partial charge on any atom is 0.238 e. The fourth-order valence-corrected chi connectivity index (χ4v) is 6.89. The lowest BCUT2D eigenvalue weighted by Crippen LogP contribution is -2.56. The quantitative estimate of drug-likeness (QED) is 0.179. The average molecular weight is 715 g/mol. The molecule has 2 aliphatic rings. The van der Waals surface area contributed by atoms with E-state index in [9.17, 15) is 9.59 Å². The minimum Gasteiger partial charge on any atom is -0.491 e. The molecule has 0 radical (unpaired) electrons. The molecule has 4 aromatic rings. The van der Waals surface area contributed by atoms with Gasteiger partial charge in [0.1, 0.15) is 29.3 Å². The molecule has 1 saturated heterocycles. The fraction of sp³-hybridized carbons (Fsp3) is 0.188. The van der Waals surface area contributed by atoms with Gasteiger partial charge in [-0.1, -0.05) is 41.4 Å². The number of hydrogen-bond acceptors (Lipinski definition) is 5. The zero-order valence-corrected chi connectivity index (χ0v) is 25.7. The Morgan fingerprint density at radius 2 is 1.69 bits per heavy atom. The summed E-state index contributed by atoms with van der Waals surface area (Å²) in [5.41, 5.74) is 1.55. The Hall–Kier alpha value is -3.31. The third-order valence-electron chi connectivity index (χ3n) is 7.70. The average Bonchev–Trinajstić information content (AvgIpc) is 3.25. The second-order valence-electron chi connectivity index (χ2n) is 10.2. The van der Waals surface area contributed by atoms with Crippen LogP contribution in [0.15, 0.2) is 84.9 Å². The molecule has 214 valence electrons. The zero-order valence-electron chi connectivity index (χ0n) is 22.1. The summed E-state index contributed by atoms with van der Waals surface area (Å²) < 4.78 is 12.8. The minimum atomic E-state index is -1.23. The summed E-state index contributed by atoms with van der Waals surface area (Å²) in [5.74, 6) is 0.655. The molecular formula is C32H25Cl2IN2O5. The Labute approximate surface area is 266 Å². The summed E-state index contributed by atoms with van der Waals surface area (Å²) in [5, 5.41) is 16.3. The van der Waals surface area contributed by atoms with E-state index in [2.05, 4.69) is 33.2 Å². The van der Waals surface area contributed by atoms with Gasteiger partial charge in [0.2, 0.25) is 11.8 Å². The van der Waals surface area contributed by atoms with E-state index in [4.69, 9.17) is 37.8 Å². The third kappa shape index (κ3) is 5.21. The monoisotopic (exact) mass is 714 g/mol. The highest BCUT2D eigenvalue weighted by atomic mass is 127. The number of halogens is 3. The van der Waals surface area contributed by atoms with Crippen molar-refractivity contribution in [1.82, 2.24) is 5.32 Å². The Morgan fingerprint density at radius 1 is 0.929 bits per heavy atom. The van der Waals surface area contributed by atoms with Gasteiger partial charge in [0, 0.05) is 37.2 Å². The molecule has 1 fully saturated rings. The Morgan fingerprint density at radius 3 is 2.45 bits per heavy atom. The molecule has 1 spiro atoms. The van der Waals surface area contributed by atoms with E-state index < -0.39 is 17.4 Å². The van der Waals surface area contributed by atoms with E-state index in [1.807, 2.05) is 42.5 Å². The van der Waals surface area contributed by atoms with Crippen LogP contribution in [-0.4, -0.2) is 30.1 Å². The third-order valence-corrected chi connectivity index (χ3v) is 8.84. The number of benzene rings is 4. The minimum absolute atomic E-state index is 0.0851. The van der Waals surface area contributed by atoms with E-state index in [-0.39, 0.29) is 31.4 Å². The van der Waals surface area contributed by atoms with Crippen LogP contribution in [0.5, 0.6) is 17.2 Å². The first kappa shape index (κ1) is 28.8. The van der Waals surface area contributed by atoms with E-state index in [0.29, 0.717) is 38.5 Å². The van der Waals surface area contributed by atoms with Crippen LogP contribution in [0, 0.1) is 3.57 Å². The van der Waals surface area contributed by atoms with Crippen molar-refractivity contribution in [2.75, 3.05) is 18.5 Å². The molecular weight excluding hydrogens is 690 g/mol. The maximum absolute atomic E-state index is 14.3. The molecule has 6 rings (SSSR count). The smallest absolute Gasteiger partial charge is 0.238 e. The van der Waals surface area contributed by atoms with Crippen LogP contribution in [0.2, 0.25) is 10.0 Å². The molecule has 0 aliphatic carbocycles. The van der Waals surface area contributed by atoms with E-state index in [0.717, 1.165) is 14.7 Å². The number of piperidine rings is 1. The van der Waals surface area contributed by atoms with Gasteiger partial charge in [-0.25, -0.2) is 0 Å². The van der Waals surface area contributed by atoms with E-state index in [1.165, 1.54) is 0 Å². The van der Waals surface area contributed by atoms with Crippen LogP contribution in [0.25, 0.3) is 0 Å². The van der Waals surface area contributed by atoms with Crippen molar-refractivity contribution in [3.8, 4) is 17.2 Å². The van der Waals surface area contributed by atoms with Gasteiger partial charge in [-0.2, -0.15) is 0 Å². The van der Waals surface area contributed by atoms with Crippen molar-refractivity contribution >= 4 is 63.3 Å². The molecule has 7 nitrogen and oxygen atoms in total. The van der Waals surface area contributed by atoms with Crippen LogP contribution in [0.4, 0.5) is 5.69 Å². The van der Waals surface area contributed by atoms with Gasteiger partial charge in [0.15, 0.2) is 0 Å². The number of fused-ring (bicyclic) bond motifs is 2. The summed E-state index contributed by atoms with van der Waals surface area (Å²) in [6.45, 7) is 0.103. The number of aliphatic hydroxyl groups is 1. The number of anilines is 1. The van der Waals surface area contributed by atoms with Gasteiger partial charge < -0.3 is 25.2 Å². The number of aliphatic hydroxyl groups excluding tert-OH is 1. The highest BCUT2D eigenvalue weighted by Gasteiger charge is 2.61. The first-order valence-electron chi connectivity index (χ1n) is 13.3. The van der Waals surface area contributed by atoms with Gasteiger partial charge in [-0.05, 0) is 100 Å². The number of carbonyl (C=O) groups is 2. The summed E-state index contributed by atoms with van der Waals surface area (Å²) in [7, 11) is 0. The fourth-order valence-electron chi connectivity index (χ4n) is 6.00. The molecule has 2 aliphatic heterocycles. The molecule has 2 heterocycles. The standard InChI is InChI=1S/C32H25Cl2IN2O5/c33-19-3-1-2-18(14-19)26-17-29(39)37-30(32(26)25-10-4-20(34)15-27(25)36-31(32)40)24-16-21(35)5-11-28(24)42-23-8-6-22(7-9-23)41-13-12-38/h1-11,14-16,26,30,38H,12-13,17H2,(H,36,40)(H,37,39)/t26-,30+,32-/m1/s1. The number of hydrogen-bond donors (Lipinski definition) is 3. The highest BCUT2D eigenvalue weighted by molar-refractivity contribution is 14.1. The van der Waals surface area contributed by atoms with Gasteiger partial charge in [-0.3, -0.25) is 9.59 Å². The Balaban J connectivity index is 1.52. The van der Waals surface area contributed by atoms with Crippen molar-refractivity contribution < 1.29 is 24.2 Å². The maximum atomic E-state index is 14.3. The molecule has 0 saturated carbocycles. The van der Waals surface area contributed by atoms with Crippen molar-refractivity contribution in [3.63, 3.8) is 0 Å². The molecule has 42 heavy (non-hydrogen) atoms. The lowest BCUT2D eigenvalue weighted by atomic mass is 9.59. The lowest BCUT2D eigenvalue weighted by molar-refractivity contribution is -0.131. The molecule has 10 heteroatoms. The molecule has 3 N–H and O–H groups in total. The largest absolute Gasteiger partial charge is 0.491 e. The van der Waals surface area contributed by atoms with Crippen LogP contribution in [0.3, 0.4) is 0 Å². The first-order valence-corrected chi connectivity index (χ1v) is 15.1. The van der Waals surface area contributed by atoms with Crippen molar-refractivity contribution in [2.24, 2.45) is 0 Å². The first-order chi connectivity index (χ1) is 20.3. The number of ether oxygens (including phenoxy) is 2. The van der Waals surface area contributed by atoms with Gasteiger partial charge in [0.25, 0.3) is 0 Å². The molecule has 0 bridgehead atoms. The predicted molar refractivity (Wildman–Crippen MR) is 170 cm³/mol. The lowest BCUT2D eigenvalue weighted by Gasteiger charge is -2.46. The number of nitrogens with one attached hydrogen (secondary N) is 2. The second kappa shape index (κ2) is 11.8. The van der Waals surface area contributed by atoms with Crippen LogP contribution < -0.4 is 20.1 Å². The van der Waals surface area contributed by atoms with Crippen molar-refractivity contribution in [3.05, 3.63) is 115 Å². The van der Waals surface area contributed by atoms with Crippen LogP contribution in [-0.2, 0) is 15.0 Å². The molecule has 0 unspecified atom stereocenters. The molecule has 2 amide bonds. The van der Waals surface area contributed by atoms with Gasteiger partial charge in [-0.15, -0.1) is 0 Å². The topological polar surface area (TPSA) is 96.9 Å². The highest BCUT2D eigenvalue weighted by Crippen LogP contribution is 2.58. The van der Waals surface area contributed by atoms with Gasteiger partial charge >= 0.3 is 0 Å². The second-order valence-corrected chi connectivity index (χ2v) is 12.3. The summed E-state index contributed by atoms with van der Waals surface area (Å²) in [6, 6.07) is 24.6. The van der Waals surface area contributed by atoms with Crippen molar-refractivity contribution in [2.45, 2.75) is 23.8 Å². The predicted octanol–water partition coefficient (Wildman–Crippen LogP) is 7.00. The number of amides is 2. The number of rotatable bonds is 7. The Kier molecular flexibility index (Phi) is 8.06. The summed E-state index contributed by atoms with van der Waals surface area (Å²) in [6.07, 6.45) is 0.0851. The van der Waals surface area contributed by atoms with Gasteiger partial charge in [0.05, 0.1) is 12.6 Å². The number of carbonyl (C=O) groups excluding carboxylic acids is 2. The van der Waals surface area contributed by atoms with E-state index in [1.54, 1.807) is 42.5 Å². The molecule has 4 aromatic carbocycles. The summed E-state index contributed by atoms with van der Waals surface area (Å²) in [4.78, 5) is 27.8. The van der Waals surface area contributed by atoms with Crippen LogP contribution >= 0.6 is 45.8 Å². The zero-order chi connectivity index (χ0) is 29.4. The van der Waals surface area contributed by atoms with Crippen LogP contribution in [0.1, 0.15) is 35.1 Å². The molecule has 3 atom stereocenters. The van der Waals surface area contributed by atoms with Crippen molar-refractivity contribution in [1.29, 1.82) is 0 Å². The SMILES string of the molecule is O=C1C[C@H](c2cccc(Cl)c2)[C@@]2(C(=O)Nc3cc(Cl)ccc32)[C@H](c2cc(I)ccc2Oc2ccc(OCCO)cc2)N1. The Bertz CT molecular complexity index is 1680.